The average molecular weight is 555 g/mol. The minimum absolute atomic E-state index is 0.174. The lowest BCUT2D eigenvalue weighted by atomic mass is 10.1. The number of nitrogens with zero attached hydrogens (tertiary/aromatic N) is 4. The highest BCUT2D eigenvalue weighted by molar-refractivity contribution is 7.88. The minimum atomic E-state index is -3.22. The van der Waals surface area contributed by atoms with Crippen LogP contribution in [0.4, 0.5) is 33.2 Å². The minimum Gasteiger partial charge on any atom is -0.494 e. The fourth-order valence-electron chi connectivity index (χ4n) is 4.48. The van der Waals surface area contributed by atoms with Gasteiger partial charge < -0.3 is 31.0 Å². The molecule has 0 bridgehead atoms. The van der Waals surface area contributed by atoms with E-state index in [1.54, 1.807) is 19.4 Å². The molecule has 0 unspecified atom stereocenters. The summed E-state index contributed by atoms with van der Waals surface area (Å²) >= 11 is 0. The molecule has 204 valence electrons. The van der Waals surface area contributed by atoms with Crippen LogP contribution in [0.3, 0.4) is 0 Å². The van der Waals surface area contributed by atoms with E-state index in [1.807, 2.05) is 18.2 Å². The number of carbonyl (C=O) groups excluding carboxylic acids is 1. The number of amides is 1. The number of aromatic nitrogens is 3. The maximum absolute atomic E-state index is 14.3. The predicted molar refractivity (Wildman–Crippen MR) is 147 cm³/mol. The van der Waals surface area contributed by atoms with Gasteiger partial charge in [-0.3, -0.25) is 4.79 Å². The third-order valence-electron chi connectivity index (χ3n) is 6.43. The van der Waals surface area contributed by atoms with Crippen molar-refractivity contribution in [3.05, 3.63) is 60.0 Å². The van der Waals surface area contributed by atoms with Gasteiger partial charge in [-0.05, 0) is 30.3 Å². The molecule has 1 fully saturated rings. The summed E-state index contributed by atoms with van der Waals surface area (Å²) < 4.78 is 45.0. The molecular formula is C25H27FN8O4S. The van der Waals surface area contributed by atoms with E-state index in [0.717, 1.165) is 11.8 Å². The van der Waals surface area contributed by atoms with Crippen molar-refractivity contribution in [2.75, 3.05) is 55.1 Å². The smallest absolute Gasteiger partial charge is 0.253 e. The van der Waals surface area contributed by atoms with E-state index in [2.05, 4.69) is 30.5 Å². The van der Waals surface area contributed by atoms with Gasteiger partial charge in [0.05, 0.1) is 35.7 Å². The SMILES string of the molecule is COc1cc(N2CCN(S(C)(=O)=O)CC2)ccc1Nc1nc(Nc2cccc(F)c2C(N)=O)c2cc[nH]c2n1. The van der Waals surface area contributed by atoms with E-state index in [1.165, 1.54) is 22.7 Å². The second-order valence-corrected chi connectivity index (χ2v) is 10.9. The van der Waals surface area contributed by atoms with Crippen LogP contribution >= 0.6 is 0 Å². The molecule has 39 heavy (non-hydrogen) atoms. The summed E-state index contributed by atoms with van der Waals surface area (Å²) in [5, 5.41) is 6.79. The molecule has 5 N–H and O–H groups in total. The number of rotatable bonds is 8. The van der Waals surface area contributed by atoms with Crippen molar-refractivity contribution >= 4 is 55.8 Å². The topological polar surface area (TPSA) is 159 Å². The number of ether oxygens (including phenoxy) is 1. The van der Waals surface area contributed by atoms with Crippen molar-refractivity contribution in [1.82, 2.24) is 19.3 Å². The normalized spacial score (nSPS) is 14.4. The van der Waals surface area contributed by atoms with Gasteiger partial charge in [-0.2, -0.15) is 14.3 Å². The van der Waals surface area contributed by atoms with E-state index >= 15 is 0 Å². The second kappa shape index (κ2) is 10.4. The molecule has 14 heteroatoms. The first-order chi connectivity index (χ1) is 18.6. The Kier molecular flexibility index (Phi) is 6.97. The molecule has 1 saturated heterocycles. The Morgan fingerprint density at radius 2 is 1.85 bits per heavy atom. The van der Waals surface area contributed by atoms with Gasteiger partial charge in [0.25, 0.3) is 5.91 Å². The van der Waals surface area contributed by atoms with Gasteiger partial charge in [-0.1, -0.05) is 6.07 Å². The number of aromatic amines is 1. The number of halogens is 1. The fourth-order valence-corrected chi connectivity index (χ4v) is 5.30. The van der Waals surface area contributed by atoms with Crippen molar-refractivity contribution < 1.29 is 22.3 Å². The van der Waals surface area contributed by atoms with Gasteiger partial charge in [0.2, 0.25) is 16.0 Å². The number of hydrogen-bond acceptors (Lipinski definition) is 9. The highest BCUT2D eigenvalue weighted by Gasteiger charge is 2.24. The molecule has 0 atom stereocenters. The number of fused-ring (bicyclic) bond motifs is 1. The first-order valence-electron chi connectivity index (χ1n) is 12.0. The Morgan fingerprint density at radius 3 is 2.54 bits per heavy atom. The number of methoxy groups -OCH3 is 1. The van der Waals surface area contributed by atoms with Gasteiger partial charge >= 0.3 is 0 Å². The summed E-state index contributed by atoms with van der Waals surface area (Å²) in [5.41, 5.74) is 7.29. The number of hydrogen-bond donors (Lipinski definition) is 4. The van der Waals surface area contributed by atoms with Crippen LogP contribution in [-0.4, -0.2) is 73.1 Å². The Labute approximate surface area is 224 Å². The van der Waals surface area contributed by atoms with Crippen molar-refractivity contribution in [2.45, 2.75) is 0 Å². The standard InChI is InChI=1S/C25H27FN8O4S/c1-38-20-14-15(33-10-12-34(13-11-33)39(2,36)37)6-7-18(20)30-25-31-23-16(8-9-28-23)24(32-25)29-19-5-3-4-17(26)21(19)22(27)35/h3-9,14H,10-13H2,1-2H3,(H2,27,35)(H3,28,29,30,31,32). The second-order valence-electron chi connectivity index (χ2n) is 8.95. The number of H-pyrrole nitrogens is 1. The van der Waals surface area contributed by atoms with Crippen LogP contribution in [0.5, 0.6) is 5.75 Å². The molecule has 2 aromatic carbocycles. The number of piperazine rings is 1. The number of nitrogens with two attached hydrogens (primary N) is 1. The largest absolute Gasteiger partial charge is 0.494 e. The lowest BCUT2D eigenvalue weighted by molar-refractivity contribution is 0.0997. The fraction of sp³-hybridized carbons (Fsp3) is 0.240. The summed E-state index contributed by atoms with van der Waals surface area (Å²) in [6, 6.07) is 11.5. The number of nitrogens with one attached hydrogen (secondary N) is 3. The third kappa shape index (κ3) is 5.42. The highest BCUT2D eigenvalue weighted by atomic mass is 32.2. The van der Waals surface area contributed by atoms with Crippen LogP contribution in [0.25, 0.3) is 11.0 Å². The number of anilines is 5. The number of carbonyl (C=O) groups is 1. The quantitative estimate of drug-likeness (QED) is 0.257. The molecule has 0 aliphatic carbocycles. The van der Waals surface area contributed by atoms with Crippen molar-refractivity contribution in [3.63, 3.8) is 0 Å². The van der Waals surface area contributed by atoms with Gasteiger partial charge in [0.1, 0.15) is 23.0 Å². The van der Waals surface area contributed by atoms with Crippen molar-refractivity contribution in [2.24, 2.45) is 5.73 Å². The molecule has 0 saturated carbocycles. The molecule has 5 rings (SSSR count). The zero-order chi connectivity index (χ0) is 27.7. The Bertz CT molecular complexity index is 1650. The summed E-state index contributed by atoms with van der Waals surface area (Å²) in [6.07, 6.45) is 2.91. The van der Waals surface area contributed by atoms with Crippen LogP contribution < -0.4 is 26.0 Å². The molecule has 4 aromatic rings. The molecule has 12 nitrogen and oxygen atoms in total. The zero-order valence-electron chi connectivity index (χ0n) is 21.2. The van der Waals surface area contributed by atoms with Gasteiger partial charge in [-0.15, -0.1) is 0 Å². The Balaban J connectivity index is 1.41. The van der Waals surface area contributed by atoms with Crippen LogP contribution in [0.2, 0.25) is 0 Å². The summed E-state index contributed by atoms with van der Waals surface area (Å²) in [4.78, 5) is 26.1. The van der Waals surface area contributed by atoms with Crippen LogP contribution in [0.15, 0.2) is 48.7 Å². The van der Waals surface area contributed by atoms with Gasteiger partial charge in [0.15, 0.2) is 0 Å². The van der Waals surface area contributed by atoms with Gasteiger partial charge in [0, 0.05) is 44.1 Å². The van der Waals surface area contributed by atoms with Crippen LogP contribution in [0.1, 0.15) is 10.4 Å². The van der Waals surface area contributed by atoms with Crippen LogP contribution in [0, 0.1) is 5.82 Å². The number of sulfonamides is 1. The number of benzene rings is 2. The number of primary amides is 1. The molecule has 3 heterocycles. The molecule has 1 aliphatic rings. The molecular weight excluding hydrogens is 527 g/mol. The first kappa shape index (κ1) is 26.2. The summed E-state index contributed by atoms with van der Waals surface area (Å²) in [5.74, 6) is -0.569. The van der Waals surface area contributed by atoms with E-state index in [0.29, 0.717) is 54.5 Å². The highest BCUT2D eigenvalue weighted by Crippen LogP contribution is 2.33. The van der Waals surface area contributed by atoms with E-state index in [-0.39, 0.29) is 17.2 Å². The molecule has 1 aliphatic heterocycles. The zero-order valence-corrected chi connectivity index (χ0v) is 22.0. The van der Waals surface area contributed by atoms with Gasteiger partial charge in [-0.25, -0.2) is 12.8 Å². The monoisotopic (exact) mass is 554 g/mol. The predicted octanol–water partition coefficient (Wildman–Crippen LogP) is 2.77. The molecule has 1 amide bonds. The van der Waals surface area contributed by atoms with E-state index in [4.69, 9.17) is 10.5 Å². The average Bonchev–Trinajstić information content (AvgIpc) is 3.37. The maximum Gasteiger partial charge on any atom is 0.253 e. The van der Waals surface area contributed by atoms with E-state index < -0.39 is 21.7 Å². The lowest BCUT2D eigenvalue weighted by Crippen LogP contribution is -2.48. The Hall–Kier alpha value is -4.43. The van der Waals surface area contributed by atoms with Crippen LogP contribution in [-0.2, 0) is 10.0 Å². The Morgan fingerprint density at radius 1 is 1.08 bits per heavy atom. The maximum atomic E-state index is 14.3. The summed E-state index contributed by atoms with van der Waals surface area (Å²) in [7, 11) is -1.68. The first-order valence-corrected chi connectivity index (χ1v) is 13.8. The summed E-state index contributed by atoms with van der Waals surface area (Å²) in [6.45, 7) is 1.92. The molecule has 0 spiro atoms. The lowest BCUT2D eigenvalue weighted by Gasteiger charge is -2.35. The van der Waals surface area contributed by atoms with E-state index in [9.17, 15) is 17.6 Å². The third-order valence-corrected chi connectivity index (χ3v) is 7.74. The molecule has 0 radical (unpaired) electrons. The van der Waals surface area contributed by atoms with Crippen molar-refractivity contribution in [1.29, 1.82) is 0 Å². The van der Waals surface area contributed by atoms with Crippen molar-refractivity contribution in [3.8, 4) is 5.75 Å². The molecule has 2 aromatic heterocycles.